The molecule has 1 aromatic heterocycles. The Balaban J connectivity index is 1.84. The third-order valence-electron chi connectivity index (χ3n) is 3.22. The molecule has 16 heavy (non-hydrogen) atoms. The smallest absolute Gasteiger partial charge is 0.127 e. The van der Waals surface area contributed by atoms with Crippen LogP contribution in [-0.2, 0) is 6.54 Å². The highest BCUT2D eigenvalue weighted by molar-refractivity contribution is 5.37. The third-order valence-corrected chi connectivity index (χ3v) is 3.22. The zero-order chi connectivity index (χ0) is 11.5. The first-order valence-electron chi connectivity index (χ1n) is 6.02. The van der Waals surface area contributed by atoms with E-state index in [9.17, 15) is 0 Å². The van der Waals surface area contributed by atoms with Crippen LogP contribution in [0.3, 0.4) is 0 Å². The van der Waals surface area contributed by atoms with Gasteiger partial charge in [0, 0.05) is 32.9 Å². The predicted octanol–water partition coefficient (Wildman–Crippen LogP) is 2.04. The van der Waals surface area contributed by atoms with Crippen LogP contribution in [0.15, 0.2) is 18.3 Å². The molecule has 0 amide bonds. The van der Waals surface area contributed by atoms with Gasteiger partial charge in [0.1, 0.15) is 5.82 Å². The first-order chi connectivity index (χ1) is 7.66. The second kappa shape index (κ2) is 4.83. The number of nitrogens with one attached hydrogen (secondary N) is 1. The molecule has 88 valence electrons. The van der Waals surface area contributed by atoms with Gasteiger partial charge < -0.3 is 10.2 Å². The summed E-state index contributed by atoms with van der Waals surface area (Å²) >= 11 is 0. The molecule has 0 bridgehead atoms. The van der Waals surface area contributed by atoms with Gasteiger partial charge in [0.25, 0.3) is 0 Å². The number of hydrogen-bond donors (Lipinski definition) is 1. The van der Waals surface area contributed by atoms with Crippen molar-refractivity contribution < 1.29 is 0 Å². The molecule has 3 nitrogen and oxygen atoms in total. The van der Waals surface area contributed by atoms with Gasteiger partial charge in [-0.25, -0.2) is 4.98 Å². The summed E-state index contributed by atoms with van der Waals surface area (Å²) in [5.74, 6) is 1.92. The third kappa shape index (κ3) is 2.95. The van der Waals surface area contributed by atoms with E-state index in [-0.39, 0.29) is 0 Å². The molecule has 0 radical (unpaired) electrons. The van der Waals surface area contributed by atoms with Crippen LogP contribution < -0.4 is 10.2 Å². The minimum atomic E-state index is 0.647. The molecular formula is C13H21N3. The molecule has 0 aromatic carbocycles. The molecule has 1 saturated carbocycles. The number of pyridine rings is 1. The van der Waals surface area contributed by atoms with Gasteiger partial charge in [0.2, 0.25) is 0 Å². The van der Waals surface area contributed by atoms with Crippen molar-refractivity contribution in [1.29, 1.82) is 0 Å². The average Bonchev–Trinajstić information content (AvgIpc) is 3.10. The normalized spacial score (nSPS) is 17.2. The van der Waals surface area contributed by atoms with Gasteiger partial charge in [0.15, 0.2) is 0 Å². The highest BCUT2D eigenvalue weighted by atomic mass is 15.1. The van der Waals surface area contributed by atoms with Crippen LogP contribution in [0, 0.1) is 5.92 Å². The first kappa shape index (κ1) is 11.4. The van der Waals surface area contributed by atoms with Gasteiger partial charge >= 0.3 is 0 Å². The number of rotatable bonds is 5. The minimum absolute atomic E-state index is 0.647. The van der Waals surface area contributed by atoms with Crippen LogP contribution >= 0.6 is 0 Å². The maximum atomic E-state index is 4.40. The summed E-state index contributed by atoms with van der Waals surface area (Å²) < 4.78 is 0. The fourth-order valence-corrected chi connectivity index (χ4v) is 1.83. The van der Waals surface area contributed by atoms with Crippen LogP contribution in [0.2, 0.25) is 0 Å². The largest absolute Gasteiger partial charge is 0.363 e. The topological polar surface area (TPSA) is 28.2 Å². The second-order valence-electron chi connectivity index (χ2n) is 4.93. The number of aromatic nitrogens is 1. The van der Waals surface area contributed by atoms with Gasteiger partial charge in [-0.05, 0) is 37.3 Å². The Morgan fingerprint density at radius 3 is 2.69 bits per heavy atom. The molecule has 0 aliphatic heterocycles. The van der Waals surface area contributed by atoms with Gasteiger partial charge in [-0.15, -0.1) is 0 Å². The molecule has 1 heterocycles. The molecule has 2 rings (SSSR count). The zero-order valence-electron chi connectivity index (χ0n) is 10.4. The lowest BCUT2D eigenvalue weighted by Gasteiger charge is -2.14. The highest BCUT2D eigenvalue weighted by Crippen LogP contribution is 2.32. The summed E-state index contributed by atoms with van der Waals surface area (Å²) in [6, 6.07) is 4.86. The van der Waals surface area contributed by atoms with Gasteiger partial charge in [-0.1, -0.05) is 6.07 Å². The van der Waals surface area contributed by atoms with E-state index in [0.29, 0.717) is 6.04 Å². The van der Waals surface area contributed by atoms with Crippen molar-refractivity contribution >= 4 is 5.82 Å². The zero-order valence-corrected chi connectivity index (χ0v) is 10.4. The molecular weight excluding hydrogens is 198 g/mol. The number of nitrogens with zero attached hydrogens (tertiary/aromatic N) is 2. The van der Waals surface area contributed by atoms with Crippen LogP contribution in [0.25, 0.3) is 0 Å². The fraction of sp³-hybridized carbons (Fsp3) is 0.615. The molecule has 1 fully saturated rings. The summed E-state index contributed by atoms with van der Waals surface area (Å²) in [5.41, 5.74) is 1.26. The van der Waals surface area contributed by atoms with E-state index >= 15 is 0 Å². The van der Waals surface area contributed by atoms with Crippen molar-refractivity contribution in [3.05, 3.63) is 23.9 Å². The van der Waals surface area contributed by atoms with E-state index in [0.717, 1.165) is 18.3 Å². The van der Waals surface area contributed by atoms with Crippen LogP contribution in [-0.4, -0.2) is 25.1 Å². The molecule has 0 spiro atoms. The van der Waals surface area contributed by atoms with Gasteiger partial charge in [-0.2, -0.15) is 0 Å². The lowest BCUT2D eigenvalue weighted by molar-refractivity contribution is 0.496. The minimum Gasteiger partial charge on any atom is -0.363 e. The molecule has 3 heteroatoms. The van der Waals surface area contributed by atoms with Gasteiger partial charge in [0.05, 0.1) is 0 Å². The van der Waals surface area contributed by atoms with Crippen molar-refractivity contribution in [2.45, 2.75) is 32.4 Å². The molecule has 1 aliphatic rings. The fourth-order valence-electron chi connectivity index (χ4n) is 1.83. The summed E-state index contributed by atoms with van der Waals surface area (Å²) in [4.78, 5) is 6.42. The van der Waals surface area contributed by atoms with Crippen molar-refractivity contribution in [2.75, 3.05) is 19.0 Å². The van der Waals surface area contributed by atoms with Crippen molar-refractivity contribution in [3.8, 4) is 0 Å². The summed E-state index contributed by atoms with van der Waals surface area (Å²) in [5, 5.41) is 3.56. The summed E-state index contributed by atoms with van der Waals surface area (Å²) in [6.07, 6.45) is 4.75. The van der Waals surface area contributed by atoms with E-state index in [2.05, 4.69) is 29.4 Å². The van der Waals surface area contributed by atoms with E-state index in [1.807, 2.05) is 25.2 Å². The molecule has 1 aliphatic carbocycles. The predicted molar refractivity (Wildman–Crippen MR) is 67.6 cm³/mol. The molecule has 1 atom stereocenters. The highest BCUT2D eigenvalue weighted by Gasteiger charge is 2.27. The maximum absolute atomic E-state index is 4.40. The quantitative estimate of drug-likeness (QED) is 0.821. The Kier molecular flexibility index (Phi) is 3.44. The molecule has 0 saturated heterocycles. The van der Waals surface area contributed by atoms with Gasteiger partial charge in [-0.3, -0.25) is 0 Å². The first-order valence-corrected chi connectivity index (χ1v) is 6.02. The number of hydrogen-bond acceptors (Lipinski definition) is 3. The number of anilines is 1. The van der Waals surface area contributed by atoms with Crippen LogP contribution in [0.4, 0.5) is 5.82 Å². The Bertz CT molecular complexity index is 328. The van der Waals surface area contributed by atoms with Crippen molar-refractivity contribution in [2.24, 2.45) is 5.92 Å². The molecule has 0 unspecified atom stereocenters. The van der Waals surface area contributed by atoms with Crippen LogP contribution in [0.5, 0.6) is 0 Å². The SMILES string of the molecule is C[C@H](NCc1ccc(N(C)C)nc1)C1CC1. The lowest BCUT2D eigenvalue weighted by Crippen LogP contribution is -2.27. The molecule has 1 aromatic rings. The Labute approximate surface area is 97.9 Å². The van der Waals surface area contributed by atoms with Crippen molar-refractivity contribution in [1.82, 2.24) is 10.3 Å². The Morgan fingerprint density at radius 1 is 1.44 bits per heavy atom. The standard InChI is InChI=1S/C13H21N3/c1-10(12-5-6-12)14-8-11-4-7-13(15-9-11)16(2)3/h4,7,9-10,12,14H,5-6,8H2,1-3H3/t10-/m0/s1. The Hall–Kier alpha value is -1.09. The molecule has 1 N–H and O–H groups in total. The van der Waals surface area contributed by atoms with Crippen LogP contribution in [0.1, 0.15) is 25.3 Å². The Morgan fingerprint density at radius 2 is 2.19 bits per heavy atom. The average molecular weight is 219 g/mol. The van der Waals surface area contributed by atoms with Crippen molar-refractivity contribution in [3.63, 3.8) is 0 Å². The maximum Gasteiger partial charge on any atom is 0.127 e. The van der Waals surface area contributed by atoms with E-state index in [1.165, 1.54) is 18.4 Å². The van der Waals surface area contributed by atoms with E-state index in [1.54, 1.807) is 0 Å². The monoisotopic (exact) mass is 219 g/mol. The second-order valence-corrected chi connectivity index (χ2v) is 4.93. The van der Waals surface area contributed by atoms with E-state index < -0.39 is 0 Å². The summed E-state index contributed by atoms with van der Waals surface area (Å²) in [6.45, 7) is 3.21. The van der Waals surface area contributed by atoms with E-state index in [4.69, 9.17) is 0 Å². The lowest BCUT2D eigenvalue weighted by atomic mass is 10.2. The summed E-state index contributed by atoms with van der Waals surface area (Å²) in [7, 11) is 4.02.